The molecule has 8 heterocycles. The Balaban J connectivity index is 0.724. The van der Waals surface area contributed by atoms with Gasteiger partial charge in [-0.05, 0) is 101 Å². The standard InChI is InChI=1S/C73H84N12O21S4/c1-5-72(47-31-56-59-43(29-41-15-7-9-17-49(41)79-59)33-84(56)66(95)45(47)35-103-68(72)97)105-70(99)101-25-27-107-109-37-54(77-39(3)86)62(91)76-24-14-12-20-53(64(93)82-52(19-11-13-23-74)63(92)81-51(61(75)90)21-22-58(88)89)83-65(94)55(78-40(4)87)38-110-108-28-26-102-71(100)106-73(6-2)48-32-57-60-44(30-42-16-8-10-18-50(42)80-60)34-85(57)67(96)46(48)36-104-69(73)98/h7-10,15-18,29-32,51-55H,5-6,11-14,19-28,33-38,74H2,1-4H3,(H2,75,90)(H,76,91)(H,77,86)(H,78,87)(H,81,92)(H,82,93)(H,83,94)(H,88,89)/t51-,52-,53-,54+,55+,72-,73+/m0/s1. The topological polar surface area (TPSA) is 474 Å². The van der Waals surface area contributed by atoms with Crippen LogP contribution < -0.4 is 54.5 Å². The van der Waals surface area contributed by atoms with Gasteiger partial charge in [0.25, 0.3) is 11.1 Å². The van der Waals surface area contributed by atoms with E-state index in [9.17, 15) is 72.2 Å². The number of esters is 2. The molecule has 0 saturated carbocycles. The molecular weight excluding hydrogens is 1510 g/mol. The molecule has 4 aromatic heterocycles. The summed E-state index contributed by atoms with van der Waals surface area (Å²) in [4.78, 5) is 197. The number of unbranched alkanes of at least 4 members (excludes halogenated alkanes) is 2. The van der Waals surface area contributed by atoms with Gasteiger partial charge < -0.3 is 86.0 Å². The van der Waals surface area contributed by atoms with Gasteiger partial charge in [0.15, 0.2) is 0 Å². The fourth-order valence-electron chi connectivity index (χ4n) is 13.2. The molecule has 10 rings (SSSR count). The van der Waals surface area contributed by atoms with Crippen LogP contribution in [0.3, 0.4) is 0 Å². The van der Waals surface area contributed by atoms with Crippen LogP contribution in [0.1, 0.15) is 125 Å². The van der Waals surface area contributed by atoms with E-state index >= 15 is 0 Å². The molecule has 0 fully saturated rings. The molecule has 4 aliphatic rings. The van der Waals surface area contributed by atoms with Gasteiger partial charge in [-0.3, -0.25) is 47.9 Å². The molecule has 0 saturated heterocycles. The Labute approximate surface area is 645 Å². The third-order valence-electron chi connectivity index (χ3n) is 18.8. The second-order valence-electron chi connectivity index (χ2n) is 26.2. The first-order chi connectivity index (χ1) is 52.8. The Hall–Kier alpha value is -10.2. The molecule has 0 spiro atoms. The van der Waals surface area contributed by atoms with Crippen LogP contribution in [0.15, 0.2) is 82.4 Å². The number of carbonyl (C=O) groups is 12. The second kappa shape index (κ2) is 37.4. The van der Waals surface area contributed by atoms with Gasteiger partial charge >= 0.3 is 30.2 Å². The third-order valence-corrected chi connectivity index (χ3v) is 23.6. The van der Waals surface area contributed by atoms with Crippen LogP contribution in [0.4, 0.5) is 9.59 Å². The molecule has 6 aromatic rings. The van der Waals surface area contributed by atoms with E-state index in [1.807, 2.05) is 60.7 Å². The van der Waals surface area contributed by atoms with E-state index in [1.54, 1.807) is 30.5 Å². The Bertz CT molecular complexity index is 4720. The van der Waals surface area contributed by atoms with Crippen molar-refractivity contribution < 1.29 is 91.1 Å². The number of nitrogens with two attached hydrogens (primary N) is 2. The highest BCUT2D eigenvalue weighted by atomic mass is 33.1. The quantitative estimate of drug-likeness (QED) is 0.0111. The normalized spacial score (nSPS) is 16.9. The summed E-state index contributed by atoms with van der Waals surface area (Å²) in [5.74, 6) is -8.22. The van der Waals surface area contributed by atoms with Crippen molar-refractivity contribution in [2.24, 2.45) is 11.5 Å². The number of benzene rings is 2. The van der Waals surface area contributed by atoms with Crippen LogP contribution in [0, 0.1) is 0 Å². The summed E-state index contributed by atoms with van der Waals surface area (Å²) in [6, 6.07) is 15.6. The molecule has 0 aliphatic carbocycles. The first-order valence-corrected chi connectivity index (χ1v) is 40.6. The van der Waals surface area contributed by atoms with Gasteiger partial charge in [-0.25, -0.2) is 29.1 Å². The van der Waals surface area contributed by atoms with E-state index in [4.69, 9.17) is 49.9 Å². The zero-order valence-electron chi connectivity index (χ0n) is 60.6. The number of cyclic esters (lactones) is 2. The molecule has 4 aliphatic heterocycles. The molecule has 0 unspecified atom stereocenters. The van der Waals surface area contributed by atoms with Crippen LogP contribution in [-0.2, 0) is 114 Å². The van der Waals surface area contributed by atoms with Gasteiger partial charge in [0.2, 0.25) is 52.6 Å². The summed E-state index contributed by atoms with van der Waals surface area (Å²) in [5, 5.41) is 26.7. The summed E-state index contributed by atoms with van der Waals surface area (Å²) in [5.41, 5.74) is 12.0. The van der Waals surface area contributed by atoms with Crippen molar-refractivity contribution in [2.75, 3.05) is 49.3 Å². The molecule has 7 amide bonds. The number of amides is 7. The highest BCUT2D eigenvalue weighted by molar-refractivity contribution is 8.77. The minimum atomic E-state index is -2.05. The lowest BCUT2D eigenvalue weighted by Crippen LogP contribution is -2.58. The molecule has 2 aromatic carbocycles. The summed E-state index contributed by atoms with van der Waals surface area (Å²) < 4.78 is 36.4. The van der Waals surface area contributed by atoms with E-state index in [0.29, 0.717) is 46.7 Å². The summed E-state index contributed by atoms with van der Waals surface area (Å²) in [6.45, 7) is 5.10. The van der Waals surface area contributed by atoms with Gasteiger partial charge in [0.05, 0.1) is 58.0 Å². The third kappa shape index (κ3) is 19.3. The van der Waals surface area contributed by atoms with Crippen molar-refractivity contribution in [2.45, 2.75) is 160 Å². The summed E-state index contributed by atoms with van der Waals surface area (Å²) in [7, 11) is 4.58. The lowest BCUT2D eigenvalue weighted by atomic mass is 9.85. The predicted molar refractivity (Wildman–Crippen MR) is 406 cm³/mol. The Kier molecular flexibility index (Phi) is 28.0. The molecule has 11 N–H and O–H groups in total. The number of aromatic nitrogens is 4. The minimum Gasteiger partial charge on any atom is -0.481 e. The Morgan fingerprint density at radius 3 is 1.44 bits per heavy atom. The van der Waals surface area contributed by atoms with E-state index in [1.165, 1.54) is 40.0 Å². The van der Waals surface area contributed by atoms with Gasteiger partial charge in [-0.1, -0.05) is 93.4 Å². The highest BCUT2D eigenvalue weighted by Crippen LogP contribution is 2.44. The van der Waals surface area contributed by atoms with Crippen molar-refractivity contribution >= 4 is 137 Å². The zero-order valence-corrected chi connectivity index (χ0v) is 63.8. The number of para-hydroxylation sites is 2. The number of nitrogens with zero attached hydrogens (tertiary/aromatic N) is 4. The van der Waals surface area contributed by atoms with Crippen molar-refractivity contribution in [3.05, 3.63) is 127 Å². The Morgan fingerprint density at radius 1 is 0.564 bits per heavy atom. The van der Waals surface area contributed by atoms with Gasteiger partial charge in [-0.2, -0.15) is 0 Å². The number of nitrogens with one attached hydrogen (secondary N) is 6. The number of carboxylic acid groups (broad SMARTS) is 1. The molecule has 586 valence electrons. The number of hydrogen-bond donors (Lipinski definition) is 9. The van der Waals surface area contributed by atoms with Gasteiger partial charge in [0, 0.05) is 82.9 Å². The highest BCUT2D eigenvalue weighted by Gasteiger charge is 2.53. The number of primary amides is 1. The number of fused-ring (bicyclic) bond motifs is 10. The van der Waals surface area contributed by atoms with Gasteiger partial charge in [-0.15, -0.1) is 0 Å². The number of ether oxygens (including phenoxy) is 6. The fourth-order valence-corrected chi connectivity index (χ4v) is 17.2. The number of pyridine rings is 4. The number of rotatable bonds is 38. The largest absolute Gasteiger partial charge is 0.509 e. The van der Waals surface area contributed by atoms with Crippen LogP contribution >= 0.6 is 43.2 Å². The maximum atomic E-state index is 14.4. The second-order valence-corrected chi connectivity index (χ2v) is 31.5. The lowest BCUT2D eigenvalue weighted by Gasteiger charge is -2.35. The fraction of sp³-hybridized carbons (Fsp3) is 0.452. The first-order valence-electron chi connectivity index (χ1n) is 35.6. The molecule has 37 heteroatoms. The smallest absolute Gasteiger partial charge is 0.481 e. The summed E-state index contributed by atoms with van der Waals surface area (Å²) in [6.07, 6.45) is -2.67. The average Bonchev–Trinajstić information content (AvgIpc) is 1.51. The van der Waals surface area contributed by atoms with E-state index in [-0.39, 0.29) is 143 Å². The van der Waals surface area contributed by atoms with Crippen molar-refractivity contribution in [1.29, 1.82) is 0 Å². The predicted octanol–water partition coefficient (Wildman–Crippen LogP) is 4.49. The first kappa shape index (κ1) is 82.3. The number of aliphatic carboxylic acids is 1. The lowest BCUT2D eigenvalue weighted by molar-refractivity contribution is -0.175. The monoisotopic (exact) mass is 1590 g/mol. The van der Waals surface area contributed by atoms with Crippen molar-refractivity contribution in [3.63, 3.8) is 0 Å². The van der Waals surface area contributed by atoms with Gasteiger partial charge in [0.1, 0.15) is 56.6 Å². The van der Waals surface area contributed by atoms with Crippen molar-refractivity contribution in [3.8, 4) is 22.8 Å². The zero-order chi connectivity index (χ0) is 79.0. The molecular formula is C73H84N12O21S4. The molecule has 0 bridgehead atoms. The number of carbonyl (C=O) groups excluding carboxylic acids is 11. The van der Waals surface area contributed by atoms with Crippen LogP contribution in [-0.4, -0.2) is 175 Å². The number of carboxylic acids is 1. The maximum Gasteiger partial charge on any atom is 0.509 e. The van der Waals surface area contributed by atoms with E-state index in [0.717, 1.165) is 43.5 Å². The summed E-state index contributed by atoms with van der Waals surface area (Å²) >= 11 is 0. The SMILES string of the molecule is CC[C@]1(OC(=O)OCCSSC[C@@H](NC(C)=O)C(=O)N[C@@H](CCCCNC(=O)[C@@H](CSSCCOC(=O)O[C@]2(CC)C(=O)OCc3c2cc2n(c3=O)Cc3cc4ccccc4nc3-2)NC(C)=O)C(=O)N[C@@H](CCCCN)C(=O)N[C@@H](CCC(=O)O)C(N)=O)C(=O)OCc2c1cc1n(c2=O)Cc2cc3ccccc3nc2-1. The van der Waals surface area contributed by atoms with Crippen LogP contribution in [0.2, 0.25) is 0 Å². The number of hydrogen-bond acceptors (Lipinski definition) is 27. The minimum absolute atomic E-state index is 0.00570. The molecule has 33 nitrogen and oxygen atoms in total. The Morgan fingerprint density at radius 2 is 1.00 bits per heavy atom. The molecule has 0 radical (unpaired) electrons. The van der Waals surface area contributed by atoms with Crippen molar-refractivity contribution in [1.82, 2.24) is 51.0 Å². The molecule has 7 atom stereocenters. The van der Waals surface area contributed by atoms with Crippen LogP contribution in [0.25, 0.3) is 44.6 Å². The maximum absolute atomic E-state index is 14.4. The van der Waals surface area contributed by atoms with E-state index in [2.05, 4.69) is 31.9 Å². The van der Waals surface area contributed by atoms with E-state index < -0.39 is 131 Å². The molecule has 110 heavy (non-hydrogen) atoms. The average molecular weight is 1590 g/mol. The van der Waals surface area contributed by atoms with Crippen LogP contribution in [0.5, 0.6) is 0 Å².